The molecule has 1 unspecified atom stereocenters. The fourth-order valence-corrected chi connectivity index (χ4v) is 2.45. The van der Waals surface area contributed by atoms with Gasteiger partial charge in [0.1, 0.15) is 5.76 Å². The van der Waals surface area contributed by atoms with Crippen LogP contribution in [0.25, 0.3) is 0 Å². The molecule has 2 aromatic rings. The second-order valence-electron chi connectivity index (χ2n) is 3.87. The lowest BCUT2D eigenvalue weighted by atomic mass is 10.2. The lowest BCUT2D eigenvalue weighted by Crippen LogP contribution is -2.20. The van der Waals surface area contributed by atoms with Crippen molar-refractivity contribution < 1.29 is 18.8 Å². The molecule has 1 atom stereocenters. The van der Waals surface area contributed by atoms with Crippen molar-refractivity contribution in [3.8, 4) is 0 Å². The minimum Gasteiger partial charge on any atom is -0.467 e. The summed E-state index contributed by atoms with van der Waals surface area (Å²) in [5.41, 5.74) is 0.947. The first-order valence-corrected chi connectivity index (χ1v) is 7.11. The zero-order valence-electron chi connectivity index (χ0n) is 9.56. The van der Waals surface area contributed by atoms with Crippen LogP contribution < -0.4 is 5.32 Å². The molecule has 0 aliphatic carbocycles. The number of nitrogens with one attached hydrogen (secondary N) is 1. The third-order valence-corrected chi connectivity index (χ3v) is 3.60. The first-order chi connectivity index (χ1) is 8.57. The summed E-state index contributed by atoms with van der Waals surface area (Å²) in [5, 5.41) is 2.82. The molecule has 0 bridgehead atoms. The van der Waals surface area contributed by atoms with E-state index in [2.05, 4.69) is 5.32 Å². The zero-order chi connectivity index (χ0) is 13.0. The molecular formula is C12H14NO4P. The van der Waals surface area contributed by atoms with E-state index in [1.54, 1.807) is 12.1 Å². The van der Waals surface area contributed by atoms with E-state index in [0.29, 0.717) is 6.54 Å². The van der Waals surface area contributed by atoms with Crippen LogP contribution in [0.5, 0.6) is 0 Å². The van der Waals surface area contributed by atoms with Crippen LogP contribution in [0, 0.1) is 0 Å². The van der Waals surface area contributed by atoms with Crippen molar-refractivity contribution in [2.45, 2.75) is 12.3 Å². The van der Waals surface area contributed by atoms with Crippen LogP contribution in [0.4, 0.5) is 0 Å². The normalized spacial score (nSPS) is 13.4. The van der Waals surface area contributed by atoms with Gasteiger partial charge in [0.25, 0.3) is 0 Å². The molecule has 0 aliphatic heterocycles. The van der Waals surface area contributed by atoms with Gasteiger partial charge >= 0.3 is 7.60 Å². The molecule has 1 aromatic heterocycles. The third kappa shape index (κ3) is 3.31. The highest BCUT2D eigenvalue weighted by atomic mass is 31.2. The summed E-state index contributed by atoms with van der Waals surface area (Å²) in [4.78, 5) is 18.6. The van der Waals surface area contributed by atoms with E-state index < -0.39 is 13.4 Å². The Hall–Kier alpha value is -1.39. The predicted molar refractivity (Wildman–Crippen MR) is 66.8 cm³/mol. The van der Waals surface area contributed by atoms with Crippen molar-refractivity contribution in [2.24, 2.45) is 0 Å². The van der Waals surface area contributed by atoms with Crippen LogP contribution in [-0.4, -0.2) is 9.79 Å². The predicted octanol–water partition coefficient (Wildman–Crippen LogP) is 2.25. The zero-order valence-corrected chi connectivity index (χ0v) is 10.5. The van der Waals surface area contributed by atoms with E-state index in [9.17, 15) is 14.4 Å². The number of benzene rings is 1. The lowest BCUT2D eigenvalue weighted by molar-refractivity contribution is 0.333. The minimum absolute atomic E-state index is 0.235. The van der Waals surface area contributed by atoms with E-state index in [1.165, 1.54) is 6.26 Å². The summed E-state index contributed by atoms with van der Waals surface area (Å²) >= 11 is 0. The molecule has 6 heteroatoms. The molecule has 0 saturated heterocycles. The Morgan fingerprint density at radius 1 is 1.17 bits per heavy atom. The summed E-state index contributed by atoms with van der Waals surface area (Å²) in [6.45, 7) is 0.358. The van der Waals surface area contributed by atoms with Crippen LogP contribution in [0.15, 0.2) is 53.1 Å². The van der Waals surface area contributed by atoms with Crippen LogP contribution in [0.1, 0.15) is 17.1 Å². The van der Waals surface area contributed by atoms with Gasteiger partial charge in [-0.3, -0.25) is 9.88 Å². The molecule has 5 nitrogen and oxygen atoms in total. The van der Waals surface area contributed by atoms with Gasteiger partial charge in [-0.05, 0) is 17.7 Å². The van der Waals surface area contributed by atoms with Gasteiger partial charge in [-0.2, -0.15) is 0 Å². The van der Waals surface area contributed by atoms with Crippen molar-refractivity contribution in [3.63, 3.8) is 0 Å². The molecule has 18 heavy (non-hydrogen) atoms. The van der Waals surface area contributed by atoms with Gasteiger partial charge in [-0.15, -0.1) is 0 Å². The Morgan fingerprint density at radius 2 is 1.89 bits per heavy atom. The van der Waals surface area contributed by atoms with Gasteiger partial charge in [-0.1, -0.05) is 30.3 Å². The second-order valence-corrected chi connectivity index (χ2v) is 5.57. The minimum atomic E-state index is -4.31. The summed E-state index contributed by atoms with van der Waals surface area (Å²) < 4.78 is 16.5. The van der Waals surface area contributed by atoms with E-state index in [0.717, 1.165) is 5.56 Å². The van der Waals surface area contributed by atoms with E-state index in [-0.39, 0.29) is 5.76 Å². The highest BCUT2D eigenvalue weighted by molar-refractivity contribution is 7.52. The van der Waals surface area contributed by atoms with Crippen LogP contribution in [0.3, 0.4) is 0 Å². The summed E-state index contributed by atoms with van der Waals surface area (Å²) in [5.74, 6) is -0.882. The monoisotopic (exact) mass is 267 g/mol. The van der Waals surface area contributed by atoms with Crippen LogP contribution >= 0.6 is 7.60 Å². The molecule has 0 amide bonds. The molecule has 1 aromatic carbocycles. The van der Waals surface area contributed by atoms with Crippen molar-refractivity contribution in [1.82, 2.24) is 5.32 Å². The van der Waals surface area contributed by atoms with E-state index in [4.69, 9.17) is 4.42 Å². The summed E-state index contributed by atoms with van der Waals surface area (Å²) in [7, 11) is -4.31. The Morgan fingerprint density at radius 3 is 2.44 bits per heavy atom. The average Bonchev–Trinajstić information content (AvgIpc) is 2.82. The number of hydrogen-bond donors (Lipinski definition) is 3. The van der Waals surface area contributed by atoms with Gasteiger partial charge in [0, 0.05) is 6.54 Å². The molecule has 0 fully saturated rings. The topological polar surface area (TPSA) is 82.7 Å². The highest BCUT2D eigenvalue weighted by Gasteiger charge is 2.32. The number of rotatable bonds is 5. The molecule has 1 heterocycles. The Labute approximate surface area is 105 Å². The number of furan rings is 1. The van der Waals surface area contributed by atoms with E-state index in [1.807, 2.05) is 30.3 Å². The van der Waals surface area contributed by atoms with Crippen molar-refractivity contribution in [2.75, 3.05) is 0 Å². The highest BCUT2D eigenvalue weighted by Crippen LogP contribution is 2.50. The molecule has 0 radical (unpaired) electrons. The van der Waals surface area contributed by atoms with Gasteiger partial charge < -0.3 is 14.2 Å². The summed E-state index contributed by atoms with van der Waals surface area (Å²) in [6, 6.07) is 12.5. The van der Waals surface area contributed by atoms with Gasteiger partial charge in [0.2, 0.25) is 0 Å². The Bertz CT molecular complexity index is 520. The first kappa shape index (κ1) is 13.1. The third-order valence-electron chi connectivity index (χ3n) is 2.49. The lowest BCUT2D eigenvalue weighted by Gasteiger charge is -2.17. The molecule has 0 spiro atoms. The van der Waals surface area contributed by atoms with Crippen LogP contribution in [0.2, 0.25) is 0 Å². The van der Waals surface area contributed by atoms with Gasteiger partial charge in [-0.25, -0.2) is 0 Å². The quantitative estimate of drug-likeness (QED) is 0.724. The Balaban J connectivity index is 2.10. The van der Waals surface area contributed by atoms with Gasteiger partial charge in [0.05, 0.1) is 6.26 Å². The fourth-order valence-electron chi connectivity index (χ4n) is 1.64. The van der Waals surface area contributed by atoms with E-state index >= 15 is 0 Å². The average molecular weight is 267 g/mol. The number of hydrogen-bond acceptors (Lipinski definition) is 3. The first-order valence-electron chi connectivity index (χ1n) is 5.43. The fraction of sp³-hybridized carbons (Fsp3) is 0.167. The largest absolute Gasteiger partial charge is 0.467 e. The van der Waals surface area contributed by atoms with Crippen molar-refractivity contribution >= 4 is 7.60 Å². The smallest absolute Gasteiger partial charge is 0.350 e. The molecule has 96 valence electrons. The summed E-state index contributed by atoms with van der Waals surface area (Å²) in [6.07, 6.45) is 1.39. The Kier molecular flexibility index (Phi) is 3.99. The molecule has 3 N–H and O–H groups in total. The van der Waals surface area contributed by atoms with Crippen LogP contribution in [-0.2, 0) is 11.1 Å². The maximum atomic E-state index is 11.4. The molecule has 2 rings (SSSR count). The van der Waals surface area contributed by atoms with Crippen molar-refractivity contribution in [1.29, 1.82) is 0 Å². The molecule has 0 saturated carbocycles. The molecule has 0 aliphatic rings. The maximum Gasteiger partial charge on any atom is 0.350 e. The van der Waals surface area contributed by atoms with Gasteiger partial charge in [0.15, 0.2) is 5.78 Å². The second kappa shape index (κ2) is 5.50. The SMILES string of the molecule is O=P(O)(O)C(NCc1ccccc1)c1ccco1. The van der Waals surface area contributed by atoms with Crippen molar-refractivity contribution in [3.05, 3.63) is 60.1 Å². The maximum absolute atomic E-state index is 11.4. The molecular weight excluding hydrogens is 253 g/mol. The standard InChI is InChI=1S/C12H14NO4P/c14-18(15,16)12(11-7-4-8-17-11)13-9-10-5-2-1-3-6-10/h1-8,12-13H,9H2,(H2,14,15,16).